The van der Waals surface area contributed by atoms with Crippen molar-refractivity contribution < 1.29 is 9.53 Å². The van der Waals surface area contributed by atoms with Gasteiger partial charge in [-0.1, -0.05) is 45.7 Å². The van der Waals surface area contributed by atoms with Crippen LogP contribution in [-0.4, -0.2) is 59.6 Å². The van der Waals surface area contributed by atoms with Gasteiger partial charge in [0.05, 0.1) is 29.7 Å². The Morgan fingerprint density at radius 1 is 1.00 bits per heavy atom. The number of rotatable bonds is 13. The van der Waals surface area contributed by atoms with Crippen LogP contribution in [0.2, 0.25) is 0 Å². The Labute approximate surface area is 221 Å². The number of aromatic nitrogens is 2. The molecular weight excluding hydrogens is 464 g/mol. The fraction of sp³-hybridized carbons (Fsp3) is 0.500. The number of benzene rings is 2. The van der Waals surface area contributed by atoms with Gasteiger partial charge in [0.25, 0.3) is 5.56 Å². The van der Waals surface area contributed by atoms with Crippen molar-refractivity contribution in [2.45, 2.75) is 58.9 Å². The molecule has 2 atom stereocenters. The van der Waals surface area contributed by atoms with Crippen molar-refractivity contribution in [1.82, 2.24) is 19.4 Å². The first-order valence-electron chi connectivity index (χ1n) is 13.5. The third kappa shape index (κ3) is 6.58. The van der Waals surface area contributed by atoms with E-state index in [2.05, 4.69) is 25.7 Å². The molecule has 1 amide bonds. The van der Waals surface area contributed by atoms with Gasteiger partial charge in [0.15, 0.2) is 0 Å². The highest BCUT2D eigenvalue weighted by atomic mass is 16.5. The molecule has 3 rings (SSSR count). The molecular formula is C30H42N4O3. The molecule has 7 heteroatoms. The number of hydrogen-bond acceptors (Lipinski definition) is 5. The standard InChI is InChI=1S/C30H42N4O3/c1-7-10-13-22(8-2)29(35)33(21-20-32(4)5)27(9-3)28-31-26-15-12-11-14-25(26)30(36)34(28)23-16-18-24(37-6)19-17-23/h11-12,14-19,22,27H,7-10,13,20-21H2,1-6H3. The van der Waals surface area contributed by atoms with Gasteiger partial charge >= 0.3 is 0 Å². The smallest absolute Gasteiger partial charge is 0.266 e. The summed E-state index contributed by atoms with van der Waals surface area (Å²) >= 11 is 0. The van der Waals surface area contributed by atoms with Gasteiger partial charge in [-0.25, -0.2) is 4.98 Å². The lowest BCUT2D eigenvalue weighted by molar-refractivity contribution is -0.139. The van der Waals surface area contributed by atoms with Crippen LogP contribution < -0.4 is 10.3 Å². The van der Waals surface area contributed by atoms with Crippen LogP contribution in [0.25, 0.3) is 16.6 Å². The van der Waals surface area contributed by atoms with E-state index in [1.54, 1.807) is 11.7 Å². The molecule has 0 aliphatic heterocycles. The number of likely N-dealkylation sites (N-methyl/N-ethyl adjacent to an activating group) is 1. The summed E-state index contributed by atoms with van der Waals surface area (Å²) in [5.41, 5.74) is 1.21. The second-order valence-corrected chi connectivity index (χ2v) is 9.83. The summed E-state index contributed by atoms with van der Waals surface area (Å²) in [6.45, 7) is 7.60. The minimum absolute atomic E-state index is 0.0437. The third-order valence-electron chi connectivity index (χ3n) is 7.01. The molecule has 3 aromatic rings. The molecule has 0 N–H and O–H groups in total. The average molecular weight is 507 g/mol. The number of hydrogen-bond donors (Lipinski definition) is 0. The van der Waals surface area contributed by atoms with Crippen LogP contribution in [0, 0.1) is 5.92 Å². The number of ether oxygens (including phenoxy) is 1. The second kappa shape index (κ2) is 13.4. The molecule has 0 aliphatic carbocycles. The van der Waals surface area contributed by atoms with Gasteiger partial charge in [-0.05, 0) is 69.8 Å². The molecule has 2 unspecified atom stereocenters. The normalized spacial score (nSPS) is 13.1. The van der Waals surface area contributed by atoms with Gasteiger partial charge in [0.1, 0.15) is 11.6 Å². The fourth-order valence-electron chi connectivity index (χ4n) is 4.81. The van der Waals surface area contributed by atoms with Gasteiger partial charge < -0.3 is 14.5 Å². The topological polar surface area (TPSA) is 67.7 Å². The summed E-state index contributed by atoms with van der Waals surface area (Å²) in [5.74, 6) is 1.41. The number of fused-ring (bicyclic) bond motifs is 1. The Balaban J connectivity index is 2.22. The van der Waals surface area contributed by atoms with Crippen LogP contribution in [0.1, 0.15) is 64.7 Å². The summed E-state index contributed by atoms with van der Waals surface area (Å²) in [5, 5.41) is 0.553. The van der Waals surface area contributed by atoms with E-state index >= 15 is 0 Å². The van der Waals surface area contributed by atoms with Gasteiger partial charge in [-0.3, -0.25) is 14.2 Å². The molecule has 0 spiro atoms. The summed E-state index contributed by atoms with van der Waals surface area (Å²) < 4.78 is 7.02. The molecule has 37 heavy (non-hydrogen) atoms. The Morgan fingerprint density at radius 2 is 1.70 bits per heavy atom. The average Bonchev–Trinajstić information content (AvgIpc) is 2.91. The molecule has 200 valence electrons. The van der Waals surface area contributed by atoms with E-state index in [1.165, 1.54) is 0 Å². The molecule has 1 heterocycles. The summed E-state index contributed by atoms with van der Waals surface area (Å²) in [6, 6.07) is 14.5. The molecule has 0 fully saturated rings. The molecule has 2 aromatic carbocycles. The van der Waals surface area contributed by atoms with Crippen molar-refractivity contribution in [2.75, 3.05) is 34.3 Å². The minimum atomic E-state index is -0.345. The number of carbonyl (C=O) groups excluding carboxylic acids is 1. The Kier molecular flexibility index (Phi) is 10.3. The first-order chi connectivity index (χ1) is 17.9. The van der Waals surface area contributed by atoms with Crippen molar-refractivity contribution in [1.29, 1.82) is 0 Å². The molecule has 7 nitrogen and oxygen atoms in total. The molecule has 0 radical (unpaired) electrons. The highest BCUT2D eigenvalue weighted by Gasteiger charge is 2.32. The minimum Gasteiger partial charge on any atom is -0.497 e. The monoisotopic (exact) mass is 506 g/mol. The second-order valence-electron chi connectivity index (χ2n) is 9.83. The SMILES string of the molecule is CCCCC(CC)C(=O)N(CCN(C)C)C(CC)c1nc2ccccc2c(=O)n1-c1ccc(OC)cc1. The van der Waals surface area contributed by atoms with Crippen LogP contribution >= 0.6 is 0 Å². The maximum Gasteiger partial charge on any atom is 0.266 e. The number of unbranched alkanes of at least 4 members (excludes halogenated alkanes) is 1. The van der Waals surface area contributed by atoms with Crippen molar-refractivity contribution in [3.63, 3.8) is 0 Å². The van der Waals surface area contributed by atoms with E-state index < -0.39 is 0 Å². The van der Waals surface area contributed by atoms with E-state index in [0.29, 0.717) is 41.1 Å². The quantitative estimate of drug-likeness (QED) is 0.308. The lowest BCUT2D eigenvalue weighted by Crippen LogP contribution is -2.44. The van der Waals surface area contributed by atoms with E-state index in [4.69, 9.17) is 9.72 Å². The van der Waals surface area contributed by atoms with Gasteiger partial charge in [0, 0.05) is 19.0 Å². The summed E-state index contributed by atoms with van der Waals surface area (Å²) in [6.07, 6.45) is 4.39. The Hall–Kier alpha value is -3.19. The van der Waals surface area contributed by atoms with Gasteiger partial charge in [0.2, 0.25) is 5.91 Å². The largest absolute Gasteiger partial charge is 0.497 e. The molecule has 0 saturated carbocycles. The number of nitrogens with zero attached hydrogens (tertiary/aromatic N) is 4. The van der Waals surface area contributed by atoms with Crippen LogP contribution in [0.15, 0.2) is 53.3 Å². The highest BCUT2D eigenvalue weighted by molar-refractivity contribution is 5.80. The molecule has 1 aromatic heterocycles. The van der Waals surface area contributed by atoms with Crippen molar-refractivity contribution in [3.05, 3.63) is 64.7 Å². The highest BCUT2D eigenvalue weighted by Crippen LogP contribution is 2.29. The van der Waals surface area contributed by atoms with Crippen LogP contribution in [0.4, 0.5) is 0 Å². The number of methoxy groups -OCH3 is 1. The molecule has 0 saturated heterocycles. The molecule has 0 aliphatic rings. The maximum atomic E-state index is 14.0. The van der Waals surface area contributed by atoms with Crippen molar-refractivity contribution in [2.24, 2.45) is 5.92 Å². The zero-order chi connectivity index (χ0) is 26.9. The number of carbonyl (C=O) groups is 1. The lowest BCUT2D eigenvalue weighted by Gasteiger charge is -2.35. The van der Waals surface area contributed by atoms with Crippen molar-refractivity contribution in [3.8, 4) is 11.4 Å². The summed E-state index contributed by atoms with van der Waals surface area (Å²) in [7, 11) is 5.65. The number of amides is 1. The maximum absolute atomic E-state index is 14.0. The zero-order valence-corrected chi connectivity index (χ0v) is 23.2. The predicted octanol–water partition coefficient (Wildman–Crippen LogP) is 5.45. The van der Waals surface area contributed by atoms with Crippen LogP contribution in [-0.2, 0) is 4.79 Å². The van der Waals surface area contributed by atoms with E-state index in [1.807, 2.05) is 67.5 Å². The first-order valence-corrected chi connectivity index (χ1v) is 13.5. The van der Waals surface area contributed by atoms with Gasteiger partial charge in [-0.15, -0.1) is 0 Å². The van der Waals surface area contributed by atoms with E-state index in [9.17, 15) is 9.59 Å². The predicted molar refractivity (Wildman–Crippen MR) is 150 cm³/mol. The first kappa shape index (κ1) is 28.4. The van der Waals surface area contributed by atoms with Crippen LogP contribution in [0.5, 0.6) is 5.75 Å². The van der Waals surface area contributed by atoms with Crippen molar-refractivity contribution >= 4 is 16.8 Å². The van der Waals surface area contributed by atoms with E-state index in [0.717, 1.165) is 32.2 Å². The Bertz CT molecular complexity index is 1220. The molecule has 0 bridgehead atoms. The van der Waals surface area contributed by atoms with Gasteiger partial charge in [-0.2, -0.15) is 0 Å². The summed E-state index contributed by atoms with van der Waals surface area (Å²) in [4.78, 5) is 37.0. The lowest BCUT2D eigenvalue weighted by atomic mass is 9.96. The zero-order valence-electron chi connectivity index (χ0n) is 23.2. The number of para-hydroxylation sites is 1. The fourth-order valence-corrected chi connectivity index (χ4v) is 4.81. The third-order valence-corrected chi connectivity index (χ3v) is 7.01. The van der Waals surface area contributed by atoms with E-state index in [-0.39, 0.29) is 23.4 Å². The van der Waals surface area contributed by atoms with Crippen LogP contribution in [0.3, 0.4) is 0 Å². The Morgan fingerprint density at radius 3 is 2.30 bits per heavy atom.